The Hall–Kier alpha value is -5.39. The quantitative estimate of drug-likeness (QED) is 0.0928. The van der Waals surface area contributed by atoms with Crippen molar-refractivity contribution in [1.29, 1.82) is 0 Å². The third kappa shape index (κ3) is 3.52. The number of epoxide rings is 1. The molecule has 43 heavy (non-hydrogen) atoms. The molecule has 5 atom stereocenters. The minimum absolute atomic E-state index is 0.00355. The van der Waals surface area contributed by atoms with Gasteiger partial charge in [0.2, 0.25) is 0 Å². The minimum Gasteiger partial charge on any atom is -0.507 e. The number of aliphatic hydroxyl groups excluding tert-OH is 2. The van der Waals surface area contributed by atoms with Gasteiger partial charge in [0.1, 0.15) is 11.8 Å². The lowest BCUT2D eigenvalue weighted by molar-refractivity contribution is 0.0867. The van der Waals surface area contributed by atoms with Crippen molar-refractivity contribution in [3.05, 3.63) is 94.1 Å². The highest BCUT2D eigenvalue weighted by molar-refractivity contribution is 6.31. The number of carbonyl (C=O) groups excluding carboxylic acids is 3. The molecular weight excluding hydrogens is 550 g/mol. The summed E-state index contributed by atoms with van der Waals surface area (Å²) in [4.78, 5) is 40.7. The number of aromatic hydroxyl groups is 1. The number of aliphatic hydroxyl groups is 2. The molecule has 3 aromatic carbocycles. The maximum Gasteiger partial charge on any atom is 0.255 e. The van der Waals surface area contributed by atoms with Crippen molar-refractivity contribution in [2.45, 2.75) is 36.4 Å². The van der Waals surface area contributed by atoms with Gasteiger partial charge in [-0.1, -0.05) is 23.7 Å². The highest BCUT2D eigenvalue weighted by atomic mass is 16.7. The number of ketones is 2. The monoisotopic (exact) mass is 573 g/mol. The zero-order chi connectivity index (χ0) is 30.3. The predicted octanol–water partition coefficient (Wildman–Crippen LogP) is 2.08. The van der Waals surface area contributed by atoms with E-state index in [9.17, 15) is 29.7 Å². The van der Waals surface area contributed by atoms with Gasteiger partial charge in [0.25, 0.3) is 5.91 Å². The Kier molecular flexibility index (Phi) is 5.58. The van der Waals surface area contributed by atoms with E-state index in [0.717, 1.165) is 0 Å². The largest absolute Gasteiger partial charge is 0.507 e. The number of phenols is 1. The van der Waals surface area contributed by atoms with Crippen LogP contribution < -0.4 is 16.4 Å². The van der Waals surface area contributed by atoms with E-state index in [2.05, 4.69) is 34.3 Å². The van der Waals surface area contributed by atoms with Crippen molar-refractivity contribution in [2.75, 3.05) is 16.4 Å². The molecule has 7 N–H and O–H groups in total. The SMILES string of the molecule is C[C@@H](O)[C@@]12O[C@]13c1cc(O)c4c(c1N[C@H]2C#C/C=C\C#C[C@H]3O)C(=O)c1ccc(NC(=O)c2ccc(N)cc2)cc1C4=O. The molecule has 10 heteroatoms. The lowest BCUT2D eigenvalue weighted by Crippen LogP contribution is -2.54. The average molecular weight is 574 g/mol. The third-order valence-electron chi connectivity index (χ3n) is 8.39. The zero-order valence-corrected chi connectivity index (χ0v) is 22.6. The van der Waals surface area contributed by atoms with Crippen LogP contribution in [0.5, 0.6) is 5.75 Å². The summed E-state index contributed by atoms with van der Waals surface area (Å²) in [7, 11) is 0. The molecule has 2 aliphatic carbocycles. The van der Waals surface area contributed by atoms with E-state index < -0.39 is 52.7 Å². The Labute approximate surface area is 245 Å². The second-order valence-corrected chi connectivity index (χ2v) is 10.8. The molecule has 1 amide bonds. The maximum atomic E-state index is 14.0. The van der Waals surface area contributed by atoms with Crippen molar-refractivity contribution in [2.24, 2.45) is 0 Å². The molecule has 2 bridgehead atoms. The predicted molar refractivity (Wildman–Crippen MR) is 156 cm³/mol. The van der Waals surface area contributed by atoms with Gasteiger partial charge in [-0.25, -0.2) is 0 Å². The number of allylic oxidation sites excluding steroid dienone is 2. The summed E-state index contributed by atoms with van der Waals surface area (Å²) in [5, 5.41) is 39.3. The molecule has 0 radical (unpaired) electrons. The number of amides is 1. The summed E-state index contributed by atoms with van der Waals surface area (Å²) in [6.45, 7) is 1.50. The first-order valence-electron chi connectivity index (χ1n) is 13.4. The molecule has 3 aromatic rings. The van der Waals surface area contributed by atoms with Gasteiger partial charge >= 0.3 is 0 Å². The fourth-order valence-electron chi connectivity index (χ4n) is 6.36. The van der Waals surface area contributed by atoms with E-state index in [0.29, 0.717) is 11.3 Å². The van der Waals surface area contributed by atoms with Gasteiger partial charge in [0.05, 0.1) is 22.9 Å². The summed E-state index contributed by atoms with van der Waals surface area (Å²) in [5.41, 5.74) is 3.73. The number of fused-ring (bicyclic) bond motifs is 4. The lowest BCUT2D eigenvalue weighted by Gasteiger charge is -2.37. The zero-order valence-electron chi connectivity index (χ0n) is 22.6. The smallest absolute Gasteiger partial charge is 0.255 e. The number of carbonyl (C=O) groups is 3. The molecular formula is C33H23N3O7. The molecule has 0 aromatic heterocycles. The number of nitrogens with one attached hydrogen (secondary N) is 2. The van der Waals surface area contributed by atoms with Crippen molar-refractivity contribution < 1.29 is 34.4 Å². The highest BCUT2D eigenvalue weighted by Gasteiger charge is 2.82. The normalized spacial score (nSPS) is 26.8. The molecule has 1 fully saturated rings. The molecule has 1 saturated heterocycles. The number of nitrogen functional groups attached to an aromatic ring is 1. The van der Waals surface area contributed by atoms with E-state index >= 15 is 0 Å². The van der Waals surface area contributed by atoms with Crippen LogP contribution in [0.1, 0.15) is 54.7 Å². The Morgan fingerprint density at radius 3 is 2.44 bits per heavy atom. The van der Waals surface area contributed by atoms with E-state index in [-0.39, 0.29) is 39.2 Å². The van der Waals surface area contributed by atoms with Gasteiger partial charge in [-0.05, 0) is 67.6 Å². The standard InChI is InChI=1S/C33H23N3O7/c1-16(37)32-24-6-4-2-3-5-7-25(39)33(32,43-32)22-15-23(38)26-27(28(22)36-24)29(40)20-13-12-19(14-21(20)30(26)41)35-31(42)17-8-10-18(34)11-9-17/h2-3,8-16,24-25,36-39H,34H2,1H3,(H,35,42)/b3-2-/t16-,24+,25-,32+,33+/m1/s1. The van der Waals surface area contributed by atoms with Gasteiger partial charge in [-0.3, -0.25) is 14.4 Å². The van der Waals surface area contributed by atoms with Gasteiger partial charge in [-0.15, -0.1) is 0 Å². The van der Waals surface area contributed by atoms with E-state index in [1.165, 1.54) is 43.3 Å². The summed E-state index contributed by atoms with van der Waals surface area (Å²) >= 11 is 0. The number of hydrogen-bond donors (Lipinski definition) is 6. The average Bonchev–Trinajstić information content (AvgIpc) is 3.71. The van der Waals surface area contributed by atoms with Crippen LogP contribution in [0.3, 0.4) is 0 Å². The first-order chi connectivity index (χ1) is 20.6. The van der Waals surface area contributed by atoms with Crippen molar-refractivity contribution >= 4 is 34.5 Å². The number of ether oxygens (including phenoxy) is 1. The number of anilines is 3. The van der Waals surface area contributed by atoms with Gasteiger partial charge in [0.15, 0.2) is 28.9 Å². The van der Waals surface area contributed by atoms with Crippen molar-refractivity contribution in [3.63, 3.8) is 0 Å². The topological polar surface area (TPSA) is 175 Å². The first-order valence-corrected chi connectivity index (χ1v) is 13.4. The number of hydrogen-bond acceptors (Lipinski definition) is 9. The molecule has 7 rings (SSSR count). The van der Waals surface area contributed by atoms with Crippen LogP contribution in [0.4, 0.5) is 17.1 Å². The van der Waals surface area contributed by atoms with Crippen LogP contribution in [0, 0.1) is 23.7 Å². The molecule has 0 spiro atoms. The molecule has 2 aliphatic heterocycles. The third-order valence-corrected chi connectivity index (χ3v) is 8.39. The van der Waals surface area contributed by atoms with Gasteiger partial charge in [0, 0.05) is 33.6 Å². The second-order valence-electron chi connectivity index (χ2n) is 10.8. The van der Waals surface area contributed by atoms with E-state index in [1.54, 1.807) is 24.3 Å². The van der Waals surface area contributed by atoms with Crippen LogP contribution in [-0.2, 0) is 10.3 Å². The van der Waals surface area contributed by atoms with Crippen LogP contribution in [0.25, 0.3) is 0 Å². The van der Waals surface area contributed by atoms with Gasteiger partial charge < -0.3 is 36.4 Å². The van der Waals surface area contributed by atoms with Crippen LogP contribution >= 0.6 is 0 Å². The molecule has 2 heterocycles. The summed E-state index contributed by atoms with van der Waals surface area (Å²) in [5.74, 6) is 9.06. The van der Waals surface area contributed by atoms with Gasteiger partial charge in [-0.2, -0.15) is 0 Å². The minimum atomic E-state index is -1.65. The molecule has 0 unspecified atom stereocenters. The van der Waals surface area contributed by atoms with E-state index in [4.69, 9.17) is 10.5 Å². The number of rotatable bonds is 3. The molecule has 0 saturated carbocycles. The Morgan fingerprint density at radius 1 is 1.02 bits per heavy atom. The number of benzene rings is 3. The van der Waals surface area contributed by atoms with Crippen LogP contribution in [0.15, 0.2) is 60.7 Å². The number of phenolic OH excluding ortho intramolecular Hbond substituents is 1. The Balaban J connectivity index is 1.35. The molecule has 212 valence electrons. The van der Waals surface area contributed by atoms with E-state index in [1.807, 2.05) is 0 Å². The fourth-order valence-corrected chi connectivity index (χ4v) is 6.36. The summed E-state index contributed by atoms with van der Waals surface area (Å²) in [6.07, 6.45) is 0.340. The van der Waals surface area contributed by atoms with Crippen molar-refractivity contribution in [1.82, 2.24) is 0 Å². The molecule has 10 nitrogen and oxygen atoms in total. The Bertz CT molecular complexity index is 1960. The van der Waals surface area contributed by atoms with Crippen LogP contribution in [0.2, 0.25) is 0 Å². The second kappa shape index (κ2) is 9.05. The Morgan fingerprint density at radius 2 is 1.72 bits per heavy atom. The maximum absolute atomic E-state index is 14.0. The lowest BCUT2D eigenvalue weighted by atomic mass is 9.69. The summed E-state index contributed by atoms with van der Waals surface area (Å²) in [6, 6.07) is 11.0. The first kappa shape index (κ1) is 26.5. The van der Waals surface area contributed by atoms with Crippen molar-refractivity contribution in [3.8, 4) is 29.4 Å². The number of nitrogens with two attached hydrogens (primary N) is 1. The fraction of sp³-hybridized carbons (Fsp3) is 0.182. The highest BCUT2D eigenvalue weighted by Crippen LogP contribution is 2.67. The summed E-state index contributed by atoms with van der Waals surface area (Å²) < 4.78 is 6.17. The van der Waals surface area contributed by atoms with Crippen LogP contribution in [-0.4, -0.2) is 56.6 Å². The molecule has 4 aliphatic rings.